The highest BCUT2D eigenvalue weighted by atomic mass is 32.2. The van der Waals surface area contributed by atoms with Gasteiger partial charge in [-0.25, -0.2) is 4.99 Å². The lowest BCUT2D eigenvalue weighted by Crippen LogP contribution is -1.90. The molecule has 0 amide bonds. The van der Waals surface area contributed by atoms with Gasteiger partial charge in [-0.3, -0.25) is 4.79 Å². The van der Waals surface area contributed by atoms with Gasteiger partial charge >= 0.3 is 0 Å². The van der Waals surface area contributed by atoms with E-state index in [0.29, 0.717) is 5.70 Å². The van der Waals surface area contributed by atoms with E-state index in [0.717, 1.165) is 32.2 Å². The van der Waals surface area contributed by atoms with Crippen LogP contribution in [0.5, 0.6) is 5.75 Å². The fourth-order valence-corrected chi connectivity index (χ4v) is 4.71. The van der Waals surface area contributed by atoms with Gasteiger partial charge in [0.2, 0.25) is 5.12 Å². The maximum atomic E-state index is 12.4. The van der Waals surface area contributed by atoms with E-state index < -0.39 is 0 Å². The van der Waals surface area contributed by atoms with Crippen LogP contribution in [0.2, 0.25) is 0 Å². The van der Waals surface area contributed by atoms with Crippen molar-refractivity contribution in [2.24, 2.45) is 4.99 Å². The Morgan fingerprint density at radius 2 is 1.74 bits per heavy atom. The zero-order chi connectivity index (χ0) is 18.6. The number of carbonyl (C=O) groups excluding carboxylic acids is 1. The first kappa shape index (κ1) is 17.9. The predicted octanol–water partition coefficient (Wildman–Crippen LogP) is 5.75. The van der Waals surface area contributed by atoms with Crippen LogP contribution in [0, 0.1) is 0 Å². The Kier molecular flexibility index (Phi) is 5.32. The van der Waals surface area contributed by atoms with E-state index in [9.17, 15) is 4.79 Å². The molecule has 27 heavy (non-hydrogen) atoms. The van der Waals surface area contributed by atoms with Crippen LogP contribution in [-0.2, 0) is 10.5 Å². The highest BCUT2D eigenvalue weighted by Crippen LogP contribution is 2.35. The maximum Gasteiger partial charge on any atom is 0.244 e. The molecule has 0 saturated heterocycles. The minimum absolute atomic E-state index is 0.00883. The minimum Gasteiger partial charge on any atom is -0.496 e. The largest absolute Gasteiger partial charge is 0.496 e. The first-order valence-electron chi connectivity index (χ1n) is 8.49. The topological polar surface area (TPSA) is 38.7 Å². The molecule has 5 heteroatoms. The zero-order valence-electron chi connectivity index (χ0n) is 14.7. The summed E-state index contributed by atoms with van der Waals surface area (Å²) < 4.78 is 6.24. The monoisotopic (exact) mass is 391 g/mol. The van der Waals surface area contributed by atoms with Crippen molar-refractivity contribution in [1.82, 2.24) is 0 Å². The molecular weight excluding hydrogens is 374 g/mol. The van der Waals surface area contributed by atoms with Crippen LogP contribution in [-0.4, -0.2) is 16.6 Å². The summed E-state index contributed by atoms with van der Waals surface area (Å²) in [5.41, 5.74) is 2.68. The summed E-state index contributed by atoms with van der Waals surface area (Å²) in [5.74, 6) is 1.63. The lowest BCUT2D eigenvalue weighted by Gasteiger charge is -2.08. The average Bonchev–Trinajstić information content (AvgIpc) is 3.07. The molecule has 3 aromatic carbocycles. The number of fused-ring (bicyclic) bond motifs is 1. The first-order chi connectivity index (χ1) is 13.2. The second kappa shape index (κ2) is 8.03. The molecule has 0 aromatic heterocycles. The molecule has 1 heterocycles. The summed E-state index contributed by atoms with van der Waals surface area (Å²) in [6.45, 7) is 0. The van der Waals surface area contributed by atoms with Gasteiger partial charge in [-0.05, 0) is 40.4 Å². The molecule has 0 saturated carbocycles. The third kappa shape index (κ3) is 3.94. The molecule has 0 spiro atoms. The number of rotatable bonds is 4. The zero-order valence-corrected chi connectivity index (χ0v) is 16.3. The number of aliphatic imine (C=N–C) groups is 1. The van der Waals surface area contributed by atoms with Crippen LogP contribution in [0.15, 0.2) is 77.4 Å². The van der Waals surface area contributed by atoms with Crippen LogP contribution >= 0.6 is 23.5 Å². The van der Waals surface area contributed by atoms with E-state index in [2.05, 4.69) is 17.1 Å². The van der Waals surface area contributed by atoms with Gasteiger partial charge in [0.15, 0.2) is 0 Å². The van der Waals surface area contributed by atoms with E-state index in [1.54, 1.807) is 18.9 Å². The highest BCUT2D eigenvalue weighted by molar-refractivity contribution is 8.45. The number of hydrogen-bond acceptors (Lipinski definition) is 5. The fourth-order valence-electron chi connectivity index (χ4n) is 2.92. The number of ether oxygens (including phenoxy) is 1. The molecule has 3 nitrogen and oxygen atoms in total. The lowest BCUT2D eigenvalue weighted by atomic mass is 10.0. The molecule has 4 rings (SSSR count). The second-order valence-corrected chi connectivity index (χ2v) is 8.16. The molecule has 0 aliphatic carbocycles. The lowest BCUT2D eigenvalue weighted by molar-refractivity contribution is -0.107. The number of nitrogens with zero attached hydrogens (tertiary/aromatic N) is 1. The van der Waals surface area contributed by atoms with E-state index in [1.807, 2.05) is 60.7 Å². The van der Waals surface area contributed by atoms with Crippen molar-refractivity contribution in [2.75, 3.05) is 7.11 Å². The number of methoxy groups -OCH3 is 1. The molecule has 0 radical (unpaired) electrons. The highest BCUT2D eigenvalue weighted by Gasteiger charge is 2.22. The standard InChI is InChI=1S/C22H17NO2S2/c1-25-20-12-11-16(17-9-5-6-10-18(17)20)13-19-21(24)27-22(23-19)26-14-15-7-3-2-4-8-15/h2-13H,14H2,1H3/b19-13+. The van der Waals surface area contributed by atoms with Gasteiger partial charge in [0.05, 0.1) is 7.11 Å². The summed E-state index contributed by atoms with van der Waals surface area (Å²) in [7, 11) is 1.66. The first-order valence-corrected chi connectivity index (χ1v) is 10.3. The van der Waals surface area contributed by atoms with Crippen molar-refractivity contribution in [2.45, 2.75) is 5.75 Å². The second-order valence-electron chi connectivity index (χ2n) is 5.97. The molecular formula is C22H17NO2S2. The van der Waals surface area contributed by atoms with E-state index in [1.165, 1.54) is 17.3 Å². The van der Waals surface area contributed by atoms with Crippen LogP contribution in [0.25, 0.3) is 16.8 Å². The van der Waals surface area contributed by atoms with Crippen molar-refractivity contribution in [1.29, 1.82) is 0 Å². The summed E-state index contributed by atoms with van der Waals surface area (Å²) in [6.07, 6.45) is 1.87. The predicted molar refractivity (Wildman–Crippen MR) is 116 cm³/mol. The third-order valence-electron chi connectivity index (χ3n) is 4.24. The molecule has 3 aromatic rings. The quantitative estimate of drug-likeness (QED) is 0.531. The molecule has 0 fully saturated rings. The van der Waals surface area contributed by atoms with Gasteiger partial charge < -0.3 is 4.74 Å². The maximum absolute atomic E-state index is 12.4. The Morgan fingerprint density at radius 1 is 1.00 bits per heavy atom. The van der Waals surface area contributed by atoms with Crippen LogP contribution in [0.1, 0.15) is 11.1 Å². The van der Waals surface area contributed by atoms with Crippen LogP contribution in [0.4, 0.5) is 0 Å². The molecule has 1 aliphatic heterocycles. The normalized spacial score (nSPS) is 15.4. The molecule has 1 aliphatic rings. The summed E-state index contributed by atoms with van der Waals surface area (Å²) in [4.78, 5) is 17.0. The van der Waals surface area contributed by atoms with E-state index in [-0.39, 0.29) is 5.12 Å². The van der Waals surface area contributed by atoms with Gasteiger partial charge in [0.1, 0.15) is 15.8 Å². The molecule has 0 atom stereocenters. The van der Waals surface area contributed by atoms with Crippen molar-refractivity contribution < 1.29 is 9.53 Å². The van der Waals surface area contributed by atoms with Crippen molar-refractivity contribution in [3.8, 4) is 5.75 Å². The van der Waals surface area contributed by atoms with Crippen LogP contribution in [0.3, 0.4) is 0 Å². The number of hydrogen-bond donors (Lipinski definition) is 0. The molecule has 0 N–H and O–H groups in total. The van der Waals surface area contributed by atoms with Gasteiger partial charge in [0.25, 0.3) is 0 Å². The smallest absolute Gasteiger partial charge is 0.244 e. The molecule has 134 valence electrons. The van der Waals surface area contributed by atoms with E-state index >= 15 is 0 Å². The van der Waals surface area contributed by atoms with Gasteiger partial charge in [0, 0.05) is 11.1 Å². The van der Waals surface area contributed by atoms with Crippen molar-refractivity contribution in [3.05, 3.63) is 83.6 Å². The summed E-state index contributed by atoms with van der Waals surface area (Å²) in [5, 5.41) is 2.06. The Hall–Kier alpha value is -2.50. The SMILES string of the molecule is COc1ccc(/C=C2/N=C(SCc3ccccc3)SC2=O)c2ccccc12. The van der Waals surface area contributed by atoms with Crippen molar-refractivity contribution in [3.63, 3.8) is 0 Å². The van der Waals surface area contributed by atoms with Gasteiger partial charge in [-0.15, -0.1) is 0 Å². The fraction of sp³-hybridized carbons (Fsp3) is 0.0909. The van der Waals surface area contributed by atoms with Gasteiger partial charge in [-0.2, -0.15) is 0 Å². The Morgan fingerprint density at radius 3 is 2.52 bits per heavy atom. The summed E-state index contributed by atoms with van der Waals surface area (Å²) >= 11 is 2.80. The third-order valence-corrected chi connectivity index (χ3v) is 6.32. The number of carbonyl (C=O) groups is 1. The number of thioether (sulfide) groups is 2. The number of benzene rings is 3. The van der Waals surface area contributed by atoms with Crippen molar-refractivity contribution >= 4 is 49.9 Å². The Balaban J connectivity index is 1.61. The van der Waals surface area contributed by atoms with E-state index in [4.69, 9.17) is 4.74 Å². The Bertz CT molecular complexity index is 1060. The Labute approximate surface area is 166 Å². The molecule has 0 unspecified atom stereocenters. The summed E-state index contributed by atoms with van der Waals surface area (Å²) in [6, 6.07) is 22.1. The average molecular weight is 392 g/mol. The van der Waals surface area contributed by atoms with Gasteiger partial charge in [-0.1, -0.05) is 72.4 Å². The molecule has 0 bridgehead atoms. The minimum atomic E-state index is -0.00883. The van der Waals surface area contributed by atoms with Crippen LogP contribution < -0.4 is 4.74 Å².